The highest BCUT2D eigenvalue weighted by atomic mass is 16.1. The minimum absolute atomic E-state index is 0.177. The first-order valence-corrected chi connectivity index (χ1v) is 3.95. The number of carbonyl (C=O) groups is 1. The molecule has 0 saturated carbocycles. The maximum atomic E-state index is 10.3. The van der Waals surface area contributed by atoms with Gasteiger partial charge in [-0.25, -0.2) is 0 Å². The molecule has 0 radical (unpaired) electrons. The fraction of sp³-hybridized carbons (Fsp3) is 0.875. The molecule has 0 spiro atoms. The van der Waals surface area contributed by atoms with Gasteiger partial charge in [-0.3, -0.25) is 4.79 Å². The van der Waals surface area contributed by atoms with Gasteiger partial charge in [0.2, 0.25) is 5.91 Å². The molecule has 0 aromatic heterocycles. The Morgan fingerprint density at radius 3 is 2.60 bits per heavy atom. The lowest BCUT2D eigenvalue weighted by molar-refractivity contribution is -0.118. The number of primary amides is 1. The van der Waals surface area contributed by atoms with Crippen LogP contribution in [0.3, 0.4) is 0 Å². The lowest BCUT2D eigenvalue weighted by Crippen LogP contribution is -2.10. The summed E-state index contributed by atoms with van der Waals surface area (Å²) in [5.74, 6) is 0.558. The summed E-state index contributed by atoms with van der Waals surface area (Å²) in [5, 5.41) is 0. The number of hydrogen-bond acceptors (Lipinski definition) is 1. The summed E-state index contributed by atoms with van der Waals surface area (Å²) in [6.45, 7) is 4.36. The molecule has 0 aromatic carbocycles. The van der Waals surface area contributed by atoms with E-state index in [-0.39, 0.29) is 5.91 Å². The van der Waals surface area contributed by atoms with Crippen LogP contribution >= 0.6 is 0 Å². The molecule has 0 aliphatic heterocycles. The lowest BCUT2D eigenvalue weighted by atomic mass is 10.0. The molecular weight excluding hydrogens is 126 g/mol. The third kappa shape index (κ3) is 5.60. The molecule has 0 aliphatic rings. The summed E-state index contributed by atoms with van der Waals surface area (Å²) in [5.41, 5.74) is 4.98. The second-order valence-electron chi connectivity index (χ2n) is 2.87. The Morgan fingerprint density at radius 1 is 1.60 bits per heavy atom. The Morgan fingerprint density at radius 2 is 2.20 bits per heavy atom. The highest BCUT2D eigenvalue weighted by Crippen LogP contribution is 2.10. The monoisotopic (exact) mass is 143 g/mol. The molecule has 2 heteroatoms. The molecule has 0 saturated heterocycles. The highest BCUT2D eigenvalue weighted by molar-refractivity contribution is 5.73. The highest BCUT2D eigenvalue weighted by Gasteiger charge is 1.99. The zero-order chi connectivity index (χ0) is 7.98. The molecule has 10 heavy (non-hydrogen) atoms. The van der Waals surface area contributed by atoms with Crippen LogP contribution in [0, 0.1) is 5.92 Å². The molecule has 1 unspecified atom stereocenters. The van der Waals surface area contributed by atoms with Gasteiger partial charge < -0.3 is 5.73 Å². The van der Waals surface area contributed by atoms with Crippen molar-refractivity contribution in [1.82, 2.24) is 0 Å². The average molecular weight is 143 g/mol. The third-order valence-corrected chi connectivity index (χ3v) is 1.82. The zero-order valence-corrected chi connectivity index (χ0v) is 6.89. The maximum Gasteiger partial charge on any atom is 0.217 e. The van der Waals surface area contributed by atoms with E-state index in [0.29, 0.717) is 6.42 Å². The van der Waals surface area contributed by atoms with E-state index in [1.807, 2.05) is 0 Å². The number of hydrogen-bond donors (Lipinski definition) is 1. The zero-order valence-electron chi connectivity index (χ0n) is 6.89. The summed E-state index contributed by atoms with van der Waals surface area (Å²) in [4.78, 5) is 10.3. The van der Waals surface area contributed by atoms with Crippen molar-refractivity contribution >= 4 is 5.91 Å². The Kier molecular flexibility index (Phi) is 4.99. The van der Waals surface area contributed by atoms with Crippen molar-refractivity contribution in [1.29, 1.82) is 0 Å². The molecule has 0 heterocycles. The van der Waals surface area contributed by atoms with E-state index in [2.05, 4.69) is 13.8 Å². The number of nitrogens with two attached hydrogens (primary N) is 1. The first kappa shape index (κ1) is 9.47. The van der Waals surface area contributed by atoms with Crippen LogP contribution in [-0.4, -0.2) is 5.91 Å². The van der Waals surface area contributed by atoms with Crippen LogP contribution in [0.1, 0.15) is 39.5 Å². The van der Waals surface area contributed by atoms with Crippen LogP contribution < -0.4 is 5.73 Å². The second kappa shape index (κ2) is 5.27. The fourth-order valence-electron chi connectivity index (χ4n) is 0.829. The Bertz CT molecular complexity index is 101. The van der Waals surface area contributed by atoms with Gasteiger partial charge in [0.15, 0.2) is 0 Å². The van der Waals surface area contributed by atoms with E-state index in [4.69, 9.17) is 5.73 Å². The summed E-state index contributed by atoms with van der Waals surface area (Å²) in [6, 6.07) is 0. The predicted octanol–water partition coefficient (Wildman–Crippen LogP) is 1.69. The van der Waals surface area contributed by atoms with Crippen molar-refractivity contribution in [3.63, 3.8) is 0 Å². The lowest BCUT2D eigenvalue weighted by Gasteiger charge is -2.05. The molecular formula is C8H17NO. The van der Waals surface area contributed by atoms with Gasteiger partial charge in [0.25, 0.3) is 0 Å². The number of amides is 1. The molecule has 0 aromatic rings. The molecule has 1 amide bonds. The van der Waals surface area contributed by atoms with Gasteiger partial charge >= 0.3 is 0 Å². The normalized spacial score (nSPS) is 13.0. The van der Waals surface area contributed by atoms with Crippen LogP contribution in [0.25, 0.3) is 0 Å². The average Bonchev–Trinajstić information content (AvgIpc) is 1.87. The van der Waals surface area contributed by atoms with E-state index >= 15 is 0 Å². The fourth-order valence-corrected chi connectivity index (χ4v) is 0.829. The first-order valence-electron chi connectivity index (χ1n) is 3.95. The Labute approximate surface area is 62.8 Å². The molecule has 0 rings (SSSR count). The molecule has 0 fully saturated rings. The van der Waals surface area contributed by atoms with Crippen LogP contribution in [0.4, 0.5) is 0 Å². The minimum Gasteiger partial charge on any atom is -0.370 e. The molecule has 60 valence electrons. The summed E-state index contributed by atoms with van der Waals surface area (Å²) in [6.07, 6.45) is 3.81. The van der Waals surface area contributed by atoms with E-state index in [9.17, 15) is 4.79 Å². The van der Waals surface area contributed by atoms with Crippen LogP contribution in [-0.2, 0) is 4.79 Å². The summed E-state index contributed by atoms with van der Waals surface area (Å²) < 4.78 is 0. The minimum atomic E-state index is -0.177. The van der Waals surface area contributed by atoms with E-state index in [1.54, 1.807) is 0 Å². The van der Waals surface area contributed by atoms with E-state index in [0.717, 1.165) is 18.8 Å². The molecule has 2 nitrogen and oxygen atoms in total. The van der Waals surface area contributed by atoms with Gasteiger partial charge in [-0.15, -0.1) is 0 Å². The van der Waals surface area contributed by atoms with Gasteiger partial charge in [-0.2, -0.15) is 0 Å². The Balaban J connectivity index is 3.11. The van der Waals surface area contributed by atoms with Crippen molar-refractivity contribution in [3.05, 3.63) is 0 Å². The first-order chi connectivity index (χ1) is 4.66. The van der Waals surface area contributed by atoms with Crippen LogP contribution in [0.5, 0.6) is 0 Å². The number of carbonyl (C=O) groups excluding carboxylic acids is 1. The van der Waals surface area contributed by atoms with Gasteiger partial charge in [-0.05, 0) is 12.3 Å². The quantitative estimate of drug-likeness (QED) is 0.625. The van der Waals surface area contributed by atoms with Crippen molar-refractivity contribution in [2.45, 2.75) is 39.5 Å². The smallest absolute Gasteiger partial charge is 0.217 e. The molecule has 2 N–H and O–H groups in total. The standard InChI is InChI=1S/C8H17NO/c1-3-7(2)5-4-6-8(9)10/h7H,3-6H2,1-2H3,(H2,9,10). The largest absolute Gasteiger partial charge is 0.370 e. The van der Waals surface area contributed by atoms with Crippen molar-refractivity contribution in [3.8, 4) is 0 Å². The number of rotatable bonds is 5. The second-order valence-corrected chi connectivity index (χ2v) is 2.87. The summed E-state index contributed by atoms with van der Waals surface area (Å²) >= 11 is 0. The van der Waals surface area contributed by atoms with E-state index in [1.165, 1.54) is 6.42 Å². The maximum absolute atomic E-state index is 10.3. The van der Waals surface area contributed by atoms with Gasteiger partial charge in [0.1, 0.15) is 0 Å². The van der Waals surface area contributed by atoms with Gasteiger partial charge in [0.05, 0.1) is 0 Å². The Hall–Kier alpha value is -0.530. The molecule has 1 atom stereocenters. The molecule has 0 bridgehead atoms. The van der Waals surface area contributed by atoms with Crippen LogP contribution in [0.2, 0.25) is 0 Å². The molecule has 0 aliphatic carbocycles. The summed E-state index contributed by atoms with van der Waals surface area (Å²) in [7, 11) is 0. The third-order valence-electron chi connectivity index (χ3n) is 1.82. The van der Waals surface area contributed by atoms with Crippen LogP contribution in [0.15, 0.2) is 0 Å². The van der Waals surface area contributed by atoms with Gasteiger partial charge in [0, 0.05) is 6.42 Å². The van der Waals surface area contributed by atoms with Gasteiger partial charge in [-0.1, -0.05) is 26.7 Å². The topological polar surface area (TPSA) is 43.1 Å². The van der Waals surface area contributed by atoms with Crippen molar-refractivity contribution < 1.29 is 4.79 Å². The predicted molar refractivity (Wildman–Crippen MR) is 42.5 cm³/mol. The van der Waals surface area contributed by atoms with Crippen molar-refractivity contribution in [2.75, 3.05) is 0 Å². The SMILES string of the molecule is CCC(C)CCCC(N)=O. The van der Waals surface area contributed by atoms with Crippen molar-refractivity contribution in [2.24, 2.45) is 11.7 Å². The van der Waals surface area contributed by atoms with E-state index < -0.39 is 0 Å².